The molecule has 1 radical (unpaired) electrons. The van der Waals surface area contributed by atoms with Gasteiger partial charge in [0.05, 0.1) is 0 Å². The third kappa shape index (κ3) is 3.70. The number of nitrogens with one attached hydrogen (secondary N) is 1. The Morgan fingerprint density at radius 3 is 2.40 bits per heavy atom. The number of hydrogen-bond donors (Lipinski definition) is 1. The van der Waals surface area contributed by atoms with Crippen LogP contribution in [0.15, 0.2) is 12.7 Å². The van der Waals surface area contributed by atoms with Gasteiger partial charge in [0.2, 0.25) is 0 Å². The molecule has 0 heterocycles. The number of hydrogen-bond acceptors (Lipinski definition) is 1. The van der Waals surface area contributed by atoms with Crippen LogP contribution < -0.4 is 5.32 Å². The Bertz CT molecular complexity index is 24.8. The lowest BCUT2D eigenvalue weighted by atomic mass is 10.6. The summed E-state index contributed by atoms with van der Waals surface area (Å²) in [5.74, 6) is 0. The normalized spacial score (nSPS) is 7.40. The van der Waals surface area contributed by atoms with Gasteiger partial charge >= 0.3 is 0 Å². The lowest BCUT2D eigenvalue weighted by Gasteiger charge is -1.79. The van der Waals surface area contributed by atoms with Crippen LogP contribution in [0.3, 0.4) is 0 Å². The summed E-state index contributed by atoms with van der Waals surface area (Å²) in [6, 6.07) is 0. The van der Waals surface area contributed by atoms with Gasteiger partial charge in [-0.25, -0.2) is 0 Å². The minimum atomic E-state index is 0.792. The third-order valence-corrected chi connectivity index (χ3v) is 0.289. The second-order valence-electron chi connectivity index (χ2n) is 0.743. The van der Waals surface area contributed by atoms with Crippen molar-refractivity contribution in [2.24, 2.45) is 0 Å². The van der Waals surface area contributed by atoms with Gasteiger partial charge in [-0.15, -0.1) is 6.58 Å². The zero-order valence-electron chi connectivity index (χ0n) is 3.20. The molecule has 5 heavy (non-hydrogen) atoms. The summed E-state index contributed by atoms with van der Waals surface area (Å²) < 4.78 is 0. The Morgan fingerprint density at radius 2 is 2.40 bits per heavy atom. The largest absolute Gasteiger partial charge is 0.312 e. The minimum Gasteiger partial charge on any atom is -0.312 e. The molecule has 0 saturated carbocycles. The fourth-order valence-corrected chi connectivity index (χ4v) is 0.102. The molecule has 0 bridgehead atoms. The lowest BCUT2D eigenvalue weighted by molar-refractivity contribution is 0.985. The van der Waals surface area contributed by atoms with E-state index >= 15 is 0 Å². The number of rotatable bonds is 2. The van der Waals surface area contributed by atoms with Crippen molar-refractivity contribution in [3.05, 3.63) is 19.7 Å². The maximum atomic E-state index is 3.45. The van der Waals surface area contributed by atoms with Gasteiger partial charge in [-0.1, -0.05) is 6.08 Å². The first kappa shape index (κ1) is 4.70. The van der Waals surface area contributed by atoms with Gasteiger partial charge in [0.1, 0.15) is 0 Å². The SMILES string of the molecule is [CH2]NCC=C. The molecule has 1 N–H and O–H groups in total. The fraction of sp³-hybridized carbons (Fsp3) is 0.250. The summed E-state index contributed by atoms with van der Waals surface area (Å²) in [5, 5.41) is 2.65. The third-order valence-electron chi connectivity index (χ3n) is 0.289. The maximum absolute atomic E-state index is 3.45. The van der Waals surface area contributed by atoms with Crippen molar-refractivity contribution < 1.29 is 0 Å². The van der Waals surface area contributed by atoms with Gasteiger partial charge in [-0.05, 0) is 0 Å². The Morgan fingerprint density at radius 1 is 1.80 bits per heavy atom. The molecule has 0 unspecified atom stereocenters. The van der Waals surface area contributed by atoms with Gasteiger partial charge in [-0.2, -0.15) is 0 Å². The van der Waals surface area contributed by atoms with Crippen molar-refractivity contribution in [2.75, 3.05) is 6.54 Å². The molecule has 0 atom stereocenters. The second kappa shape index (κ2) is 3.70. The monoisotopic (exact) mass is 70.1 g/mol. The molecule has 29 valence electrons. The van der Waals surface area contributed by atoms with Crippen molar-refractivity contribution in [3.63, 3.8) is 0 Å². The van der Waals surface area contributed by atoms with Crippen LogP contribution in [0.25, 0.3) is 0 Å². The molecule has 1 heteroatoms. The van der Waals surface area contributed by atoms with Crippen LogP contribution >= 0.6 is 0 Å². The van der Waals surface area contributed by atoms with Crippen molar-refractivity contribution in [1.82, 2.24) is 5.32 Å². The highest BCUT2D eigenvalue weighted by atomic mass is 14.8. The van der Waals surface area contributed by atoms with E-state index in [1.54, 1.807) is 6.08 Å². The molecule has 0 rings (SSSR count). The second-order valence-corrected chi connectivity index (χ2v) is 0.743. The molecule has 0 aromatic rings. The Hall–Kier alpha value is -0.300. The van der Waals surface area contributed by atoms with Crippen LogP contribution in [-0.4, -0.2) is 6.54 Å². The molecule has 0 aromatic heterocycles. The van der Waals surface area contributed by atoms with E-state index in [4.69, 9.17) is 0 Å². The predicted octanol–water partition coefficient (Wildman–Crippen LogP) is 0.554. The fourth-order valence-electron chi connectivity index (χ4n) is 0.102. The predicted molar refractivity (Wildman–Crippen MR) is 23.6 cm³/mol. The van der Waals surface area contributed by atoms with Crippen molar-refractivity contribution in [2.45, 2.75) is 0 Å². The topological polar surface area (TPSA) is 12.0 Å². The molecule has 0 spiro atoms. The average molecular weight is 70.1 g/mol. The highest BCUT2D eigenvalue weighted by Crippen LogP contribution is 1.50. The van der Waals surface area contributed by atoms with Crippen LogP contribution in [0.5, 0.6) is 0 Å². The lowest BCUT2D eigenvalue weighted by Crippen LogP contribution is -1.99. The van der Waals surface area contributed by atoms with Gasteiger partial charge in [0.15, 0.2) is 0 Å². The van der Waals surface area contributed by atoms with Crippen molar-refractivity contribution >= 4 is 0 Å². The molecule has 1 nitrogen and oxygen atoms in total. The quantitative estimate of drug-likeness (QED) is 0.468. The average Bonchev–Trinajstić information content (AvgIpc) is 1.41. The van der Waals surface area contributed by atoms with E-state index in [0.717, 1.165) is 6.54 Å². The molecule has 0 fully saturated rings. The van der Waals surface area contributed by atoms with E-state index in [0.29, 0.717) is 0 Å². The summed E-state index contributed by atoms with van der Waals surface area (Å²) in [6.07, 6.45) is 1.76. The molecule has 0 aliphatic heterocycles. The summed E-state index contributed by atoms with van der Waals surface area (Å²) in [6.45, 7) is 4.24. The van der Waals surface area contributed by atoms with Crippen LogP contribution in [0.2, 0.25) is 0 Å². The molecule has 0 saturated heterocycles. The summed E-state index contributed by atoms with van der Waals surface area (Å²) in [5.41, 5.74) is 0. The Kier molecular flexibility index (Phi) is 3.48. The summed E-state index contributed by atoms with van der Waals surface area (Å²) >= 11 is 0. The molecular formula is C4H8N. The van der Waals surface area contributed by atoms with E-state index in [2.05, 4.69) is 18.9 Å². The first-order valence-electron chi connectivity index (χ1n) is 1.52. The van der Waals surface area contributed by atoms with E-state index in [9.17, 15) is 0 Å². The molecule has 0 amide bonds. The summed E-state index contributed by atoms with van der Waals surface area (Å²) in [4.78, 5) is 0. The highest BCUT2D eigenvalue weighted by Gasteiger charge is 1.57. The van der Waals surface area contributed by atoms with Gasteiger partial charge in [0, 0.05) is 13.6 Å². The Balaban J connectivity index is 2.40. The zero-order chi connectivity index (χ0) is 4.12. The van der Waals surface area contributed by atoms with Gasteiger partial charge in [-0.3, -0.25) is 0 Å². The van der Waals surface area contributed by atoms with Crippen LogP contribution in [0.1, 0.15) is 0 Å². The Labute approximate surface area is 32.7 Å². The zero-order valence-corrected chi connectivity index (χ0v) is 3.20. The molecule has 0 aliphatic rings. The summed E-state index contributed by atoms with van der Waals surface area (Å²) in [7, 11) is 3.35. The van der Waals surface area contributed by atoms with Crippen LogP contribution in [0, 0.1) is 7.05 Å². The molecular weight excluding hydrogens is 62.1 g/mol. The van der Waals surface area contributed by atoms with E-state index in [-0.39, 0.29) is 0 Å². The van der Waals surface area contributed by atoms with Crippen molar-refractivity contribution in [3.8, 4) is 0 Å². The first-order chi connectivity index (χ1) is 2.41. The molecule has 0 aromatic carbocycles. The van der Waals surface area contributed by atoms with E-state index in [1.807, 2.05) is 0 Å². The van der Waals surface area contributed by atoms with E-state index in [1.165, 1.54) is 0 Å². The highest BCUT2D eigenvalue weighted by molar-refractivity contribution is 4.68. The van der Waals surface area contributed by atoms with Crippen LogP contribution in [-0.2, 0) is 0 Å². The van der Waals surface area contributed by atoms with E-state index < -0.39 is 0 Å². The molecule has 0 aliphatic carbocycles. The van der Waals surface area contributed by atoms with Crippen molar-refractivity contribution in [1.29, 1.82) is 0 Å². The smallest absolute Gasteiger partial charge is 0.0132 e. The first-order valence-corrected chi connectivity index (χ1v) is 1.52. The van der Waals surface area contributed by atoms with Gasteiger partial charge in [0.25, 0.3) is 0 Å². The van der Waals surface area contributed by atoms with Gasteiger partial charge < -0.3 is 5.32 Å². The standard InChI is InChI=1S/C4H8N/c1-3-4-5-2/h3,5H,1-2,4H2. The maximum Gasteiger partial charge on any atom is 0.0132 e. The van der Waals surface area contributed by atoms with Crippen LogP contribution in [0.4, 0.5) is 0 Å². The minimum absolute atomic E-state index is 0.792.